The number of carbonyl (C=O) groups excluding carboxylic acids is 1. The quantitative estimate of drug-likeness (QED) is 0.574. The average molecular weight is 352 g/mol. The van der Waals surface area contributed by atoms with Crippen molar-refractivity contribution in [1.82, 2.24) is 15.0 Å². The molecule has 2 heterocycles. The van der Waals surface area contributed by atoms with Gasteiger partial charge in [-0.05, 0) is 31.2 Å². The SMILES string of the molecule is Cc1nc(-c2ccccc2F)sc1C(=O)Nc1nc2ccccc2[nH]1. The number of imidazole rings is 1. The van der Waals surface area contributed by atoms with Gasteiger partial charge in [0.2, 0.25) is 5.95 Å². The number of amides is 1. The molecule has 0 aliphatic rings. The number of H-pyrrole nitrogens is 1. The van der Waals surface area contributed by atoms with Crippen LogP contribution in [0.2, 0.25) is 0 Å². The molecule has 4 rings (SSSR count). The lowest BCUT2D eigenvalue weighted by atomic mass is 10.2. The molecule has 0 saturated carbocycles. The normalized spacial score (nSPS) is 11.0. The van der Waals surface area contributed by atoms with E-state index >= 15 is 0 Å². The van der Waals surface area contributed by atoms with Gasteiger partial charge in [0.15, 0.2) is 0 Å². The highest BCUT2D eigenvalue weighted by Gasteiger charge is 2.19. The summed E-state index contributed by atoms with van der Waals surface area (Å²) in [5.41, 5.74) is 2.55. The Bertz CT molecular complexity index is 1050. The van der Waals surface area contributed by atoms with Crippen molar-refractivity contribution < 1.29 is 9.18 Å². The van der Waals surface area contributed by atoms with Crippen LogP contribution in [0.15, 0.2) is 48.5 Å². The monoisotopic (exact) mass is 352 g/mol. The number of rotatable bonds is 3. The minimum absolute atomic E-state index is 0.323. The average Bonchev–Trinajstić information content (AvgIpc) is 3.18. The Kier molecular flexibility index (Phi) is 3.77. The number of fused-ring (bicyclic) bond motifs is 1. The van der Waals surface area contributed by atoms with E-state index in [1.807, 2.05) is 24.3 Å². The lowest BCUT2D eigenvalue weighted by Crippen LogP contribution is -2.12. The minimum Gasteiger partial charge on any atom is -0.324 e. The second kappa shape index (κ2) is 6.10. The first-order chi connectivity index (χ1) is 12.1. The molecule has 0 fully saturated rings. The first-order valence-corrected chi connectivity index (χ1v) is 8.42. The molecule has 2 aromatic heterocycles. The smallest absolute Gasteiger partial charge is 0.269 e. The van der Waals surface area contributed by atoms with Crippen LogP contribution in [-0.2, 0) is 0 Å². The summed E-state index contributed by atoms with van der Waals surface area (Å²) >= 11 is 1.16. The third kappa shape index (κ3) is 2.89. The largest absolute Gasteiger partial charge is 0.324 e. The highest BCUT2D eigenvalue weighted by molar-refractivity contribution is 7.17. The summed E-state index contributed by atoms with van der Waals surface area (Å²) in [7, 11) is 0. The number of hydrogen-bond acceptors (Lipinski definition) is 4. The summed E-state index contributed by atoms with van der Waals surface area (Å²) in [6.45, 7) is 1.73. The Labute approximate surface area is 146 Å². The van der Waals surface area contributed by atoms with Crippen molar-refractivity contribution in [3.05, 3.63) is 64.9 Å². The van der Waals surface area contributed by atoms with Gasteiger partial charge in [-0.3, -0.25) is 10.1 Å². The first kappa shape index (κ1) is 15.5. The Hall–Kier alpha value is -3.06. The van der Waals surface area contributed by atoms with E-state index in [0.717, 1.165) is 22.4 Å². The van der Waals surface area contributed by atoms with E-state index in [1.165, 1.54) is 6.07 Å². The number of thiazole rings is 1. The van der Waals surface area contributed by atoms with Crippen LogP contribution >= 0.6 is 11.3 Å². The van der Waals surface area contributed by atoms with Crippen LogP contribution < -0.4 is 5.32 Å². The molecule has 0 unspecified atom stereocenters. The standard InChI is InChI=1S/C18H13FN4OS/c1-10-15(25-17(20-10)11-6-2-3-7-12(11)19)16(24)23-18-21-13-8-4-5-9-14(13)22-18/h2-9H,1H3,(H2,21,22,23,24). The summed E-state index contributed by atoms with van der Waals surface area (Å²) in [5, 5.41) is 3.22. The highest BCUT2D eigenvalue weighted by Crippen LogP contribution is 2.30. The molecule has 1 amide bonds. The number of aryl methyl sites for hydroxylation is 1. The number of aromatic amines is 1. The lowest BCUT2D eigenvalue weighted by molar-refractivity contribution is 0.102. The van der Waals surface area contributed by atoms with Gasteiger partial charge >= 0.3 is 0 Å². The molecular formula is C18H13FN4OS. The van der Waals surface area contributed by atoms with Gasteiger partial charge in [0.1, 0.15) is 15.7 Å². The van der Waals surface area contributed by atoms with Gasteiger partial charge < -0.3 is 4.98 Å². The summed E-state index contributed by atoms with van der Waals surface area (Å²) in [6.07, 6.45) is 0. The predicted octanol–water partition coefficient (Wildman–Crippen LogP) is 4.39. The van der Waals surface area contributed by atoms with E-state index in [4.69, 9.17) is 0 Å². The fourth-order valence-corrected chi connectivity index (χ4v) is 3.52. The third-order valence-electron chi connectivity index (χ3n) is 3.73. The Morgan fingerprint density at radius 2 is 1.88 bits per heavy atom. The Morgan fingerprint density at radius 3 is 2.68 bits per heavy atom. The van der Waals surface area contributed by atoms with E-state index < -0.39 is 0 Å². The maximum Gasteiger partial charge on any atom is 0.269 e. The van der Waals surface area contributed by atoms with Crippen LogP contribution in [0.4, 0.5) is 10.3 Å². The van der Waals surface area contributed by atoms with E-state index in [0.29, 0.717) is 27.1 Å². The molecule has 4 aromatic rings. The van der Waals surface area contributed by atoms with Crippen molar-refractivity contribution in [3.8, 4) is 10.6 Å². The third-order valence-corrected chi connectivity index (χ3v) is 4.92. The molecule has 5 nitrogen and oxygen atoms in total. The molecule has 0 bridgehead atoms. The second-order valence-corrected chi connectivity index (χ2v) is 6.47. The molecule has 2 aromatic carbocycles. The number of hydrogen-bond donors (Lipinski definition) is 2. The number of para-hydroxylation sites is 2. The van der Waals surface area contributed by atoms with Crippen molar-refractivity contribution in [3.63, 3.8) is 0 Å². The number of nitrogens with zero attached hydrogens (tertiary/aromatic N) is 2. The number of nitrogens with one attached hydrogen (secondary N) is 2. The minimum atomic E-state index is -0.361. The first-order valence-electron chi connectivity index (χ1n) is 7.60. The van der Waals surface area contributed by atoms with E-state index in [-0.39, 0.29) is 11.7 Å². The molecule has 0 radical (unpaired) electrons. The van der Waals surface area contributed by atoms with Crippen LogP contribution in [-0.4, -0.2) is 20.9 Å². The maximum absolute atomic E-state index is 13.9. The van der Waals surface area contributed by atoms with E-state index in [2.05, 4.69) is 20.3 Å². The molecule has 0 aliphatic carbocycles. The molecule has 7 heteroatoms. The molecule has 0 saturated heterocycles. The molecule has 0 spiro atoms. The number of aromatic nitrogens is 3. The van der Waals surface area contributed by atoms with Crippen molar-refractivity contribution >= 4 is 34.2 Å². The summed E-state index contributed by atoms with van der Waals surface area (Å²) < 4.78 is 13.9. The van der Waals surface area contributed by atoms with Gasteiger partial charge in [0, 0.05) is 5.56 Å². The van der Waals surface area contributed by atoms with Gasteiger partial charge in [0.25, 0.3) is 5.91 Å². The second-order valence-electron chi connectivity index (χ2n) is 5.47. The van der Waals surface area contributed by atoms with Crippen LogP contribution in [0.1, 0.15) is 15.4 Å². The zero-order valence-electron chi connectivity index (χ0n) is 13.2. The fourth-order valence-electron chi connectivity index (χ4n) is 2.53. The van der Waals surface area contributed by atoms with Crippen LogP contribution in [0.25, 0.3) is 21.6 Å². The van der Waals surface area contributed by atoms with Crippen LogP contribution in [0.3, 0.4) is 0 Å². The Balaban J connectivity index is 1.63. The molecule has 2 N–H and O–H groups in total. The van der Waals surface area contributed by atoms with Gasteiger partial charge in [0.05, 0.1) is 16.7 Å². The maximum atomic E-state index is 13.9. The van der Waals surface area contributed by atoms with Gasteiger partial charge in [-0.15, -0.1) is 11.3 Å². The zero-order chi connectivity index (χ0) is 17.4. The van der Waals surface area contributed by atoms with Crippen molar-refractivity contribution in [2.75, 3.05) is 5.32 Å². The zero-order valence-corrected chi connectivity index (χ0v) is 14.0. The van der Waals surface area contributed by atoms with Gasteiger partial charge in [-0.25, -0.2) is 14.4 Å². The number of halogens is 1. The molecular weight excluding hydrogens is 339 g/mol. The predicted molar refractivity (Wildman–Crippen MR) is 96.3 cm³/mol. The molecule has 124 valence electrons. The number of benzene rings is 2. The van der Waals surface area contributed by atoms with Gasteiger partial charge in [-0.1, -0.05) is 24.3 Å². The molecule has 0 atom stereocenters. The summed E-state index contributed by atoms with van der Waals surface area (Å²) in [5.74, 6) is -0.316. The summed E-state index contributed by atoms with van der Waals surface area (Å²) in [4.78, 5) is 24.7. The molecule has 0 aliphatic heterocycles. The number of carbonyl (C=O) groups is 1. The van der Waals surface area contributed by atoms with E-state index in [9.17, 15) is 9.18 Å². The van der Waals surface area contributed by atoms with Crippen molar-refractivity contribution in [1.29, 1.82) is 0 Å². The van der Waals surface area contributed by atoms with Crippen LogP contribution in [0, 0.1) is 12.7 Å². The van der Waals surface area contributed by atoms with Crippen molar-refractivity contribution in [2.45, 2.75) is 6.92 Å². The summed E-state index contributed by atoms with van der Waals surface area (Å²) in [6, 6.07) is 13.9. The van der Waals surface area contributed by atoms with E-state index in [1.54, 1.807) is 25.1 Å². The van der Waals surface area contributed by atoms with Gasteiger partial charge in [-0.2, -0.15) is 0 Å². The van der Waals surface area contributed by atoms with Crippen LogP contribution in [0.5, 0.6) is 0 Å². The fraction of sp³-hybridized carbons (Fsp3) is 0.0556. The molecule has 25 heavy (non-hydrogen) atoms. The number of anilines is 1. The Morgan fingerprint density at radius 1 is 1.12 bits per heavy atom. The highest BCUT2D eigenvalue weighted by atomic mass is 32.1. The topological polar surface area (TPSA) is 70.7 Å². The van der Waals surface area contributed by atoms with Crippen molar-refractivity contribution in [2.24, 2.45) is 0 Å². The lowest BCUT2D eigenvalue weighted by Gasteiger charge is -1.99.